The van der Waals surface area contributed by atoms with Crippen molar-refractivity contribution in [2.24, 2.45) is 0 Å². The van der Waals surface area contributed by atoms with Gasteiger partial charge in [-0.2, -0.15) is 0 Å². The summed E-state index contributed by atoms with van der Waals surface area (Å²) in [6.45, 7) is 2.83. The molecule has 1 aromatic rings. The summed E-state index contributed by atoms with van der Waals surface area (Å²) in [7, 11) is 4.23. The molecule has 1 aliphatic heterocycles. The number of rotatable bonds is 5. The molecule has 1 aliphatic rings. The summed E-state index contributed by atoms with van der Waals surface area (Å²) in [5, 5.41) is 0. The molecule has 1 fully saturated rings. The van der Waals surface area contributed by atoms with Crippen LogP contribution in [-0.4, -0.2) is 60.3 Å². The number of carbonyl (C=O) groups is 1. The Morgan fingerprint density at radius 3 is 2.65 bits per heavy atom. The minimum atomic E-state index is -0.410. The predicted octanol–water partition coefficient (Wildman–Crippen LogP) is 1.82. The summed E-state index contributed by atoms with van der Waals surface area (Å²) >= 11 is 0. The van der Waals surface area contributed by atoms with Gasteiger partial charge < -0.3 is 9.80 Å². The molecular weight excluding hydrogens is 257 g/mol. The first kappa shape index (κ1) is 15.1. The summed E-state index contributed by atoms with van der Waals surface area (Å²) < 4.78 is 12.7. The van der Waals surface area contributed by atoms with E-state index >= 15 is 0 Å². The Bertz CT molecular complexity index is 439. The van der Waals surface area contributed by atoms with Crippen molar-refractivity contribution in [3.8, 4) is 0 Å². The van der Waals surface area contributed by atoms with E-state index in [9.17, 15) is 9.18 Å². The van der Waals surface area contributed by atoms with Crippen molar-refractivity contribution in [1.82, 2.24) is 14.8 Å². The molecular formula is C15H22FN3O. The molecule has 110 valence electrons. The van der Waals surface area contributed by atoms with Gasteiger partial charge in [-0.3, -0.25) is 9.78 Å². The van der Waals surface area contributed by atoms with Gasteiger partial charge in [0.15, 0.2) is 5.78 Å². The topological polar surface area (TPSA) is 36.4 Å². The van der Waals surface area contributed by atoms with E-state index in [0.717, 1.165) is 38.7 Å². The molecule has 5 heteroatoms. The summed E-state index contributed by atoms with van der Waals surface area (Å²) in [6, 6.07) is 3.39. The van der Waals surface area contributed by atoms with E-state index in [1.54, 1.807) is 0 Å². The fraction of sp³-hybridized carbons (Fsp3) is 0.600. The van der Waals surface area contributed by atoms with Crippen LogP contribution in [0, 0.1) is 5.82 Å². The highest BCUT2D eigenvalue weighted by molar-refractivity contribution is 5.94. The second kappa shape index (κ2) is 6.90. The van der Waals surface area contributed by atoms with Crippen LogP contribution in [0.4, 0.5) is 4.39 Å². The smallest absolute Gasteiger partial charge is 0.182 e. The minimum absolute atomic E-state index is 0.0141. The summed E-state index contributed by atoms with van der Waals surface area (Å²) in [5.74, 6) is -0.424. The number of carbonyl (C=O) groups excluding carboxylic acids is 1. The van der Waals surface area contributed by atoms with Crippen LogP contribution in [0.15, 0.2) is 18.3 Å². The Labute approximate surface area is 119 Å². The van der Waals surface area contributed by atoms with E-state index in [1.165, 1.54) is 12.1 Å². The summed E-state index contributed by atoms with van der Waals surface area (Å²) in [5.41, 5.74) is 0.356. The lowest BCUT2D eigenvalue weighted by Crippen LogP contribution is -2.42. The summed E-state index contributed by atoms with van der Waals surface area (Å²) in [6.07, 6.45) is 3.84. The normalized spacial score (nSPS) is 17.6. The maximum atomic E-state index is 12.7. The molecule has 0 N–H and O–H groups in total. The van der Waals surface area contributed by atoms with Crippen molar-refractivity contribution >= 4 is 5.78 Å². The van der Waals surface area contributed by atoms with Gasteiger partial charge in [0.25, 0.3) is 0 Å². The van der Waals surface area contributed by atoms with Gasteiger partial charge in [0.2, 0.25) is 0 Å². The Morgan fingerprint density at radius 2 is 2.10 bits per heavy atom. The molecule has 1 aromatic heterocycles. The zero-order valence-electron chi connectivity index (χ0n) is 12.2. The van der Waals surface area contributed by atoms with E-state index in [2.05, 4.69) is 28.9 Å². The molecule has 4 nitrogen and oxygen atoms in total. The zero-order valence-corrected chi connectivity index (χ0v) is 12.2. The number of ketones is 1. The van der Waals surface area contributed by atoms with Gasteiger partial charge in [0.05, 0.1) is 6.20 Å². The monoisotopic (exact) mass is 279 g/mol. The van der Waals surface area contributed by atoms with Crippen molar-refractivity contribution in [2.75, 3.05) is 33.7 Å². The first-order valence-electron chi connectivity index (χ1n) is 7.10. The number of piperidine rings is 1. The molecule has 2 heterocycles. The van der Waals surface area contributed by atoms with Crippen LogP contribution in [0.1, 0.15) is 29.8 Å². The molecule has 0 atom stereocenters. The number of likely N-dealkylation sites (tertiary alicyclic amines) is 1. The number of halogens is 1. The van der Waals surface area contributed by atoms with Gasteiger partial charge in [-0.1, -0.05) is 0 Å². The highest BCUT2D eigenvalue weighted by Gasteiger charge is 2.21. The molecule has 0 unspecified atom stereocenters. The van der Waals surface area contributed by atoms with E-state index < -0.39 is 5.82 Å². The van der Waals surface area contributed by atoms with Crippen molar-refractivity contribution < 1.29 is 9.18 Å². The number of hydrogen-bond donors (Lipinski definition) is 0. The van der Waals surface area contributed by atoms with Crippen LogP contribution in [0.25, 0.3) is 0 Å². The lowest BCUT2D eigenvalue weighted by atomic mass is 10.0. The average Bonchev–Trinajstić information content (AvgIpc) is 2.46. The van der Waals surface area contributed by atoms with Crippen molar-refractivity contribution in [3.05, 3.63) is 29.8 Å². The molecule has 0 spiro atoms. The molecule has 2 rings (SSSR count). The number of nitrogens with zero attached hydrogens (tertiary/aromatic N) is 3. The van der Waals surface area contributed by atoms with E-state index in [-0.39, 0.29) is 5.78 Å². The van der Waals surface area contributed by atoms with E-state index in [1.807, 2.05) is 0 Å². The second-order valence-corrected chi connectivity index (χ2v) is 5.57. The number of hydrogen-bond acceptors (Lipinski definition) is 4. The molecule has 20 heavy (non-hydrogen) atoms. The lowest BCUT2D eigenvalue weighted by molar-refractivity contribution is 0.0935. The average molecular weight is 279 g/mol. The maximum Gasteiger partial charge on any atom is 0.182 e. The highest BCUT2D eigenvalue weighted by Crippen LogP contribution is 2.14. The zero-order chi connectivity index (χ0) is 14.5. The Balaban J connectivity index is 1.76. The first-order chi connectivity index (χ1) is 9.56. The van der Waals surface area contributed by atoms with Gasteiger partial charge in [-0.15, -0.1) is 0 Å². The van der Waals surface area contributed by atoms with Gasteiger partial charge in [0, 0.05) is 19.0 Å². The Kier molecular flexibility index (Phi) is 5.20. The van der Waals surface area contributed by atoms with Crippen molar-refractivity contribution in [2.45, 2.75) is 25.3 Å². The highest BCUT2D eigenvalue weighted by atomic mass is 19.1. The van der Waals surface area contributed by atoms with Crippen LogP contribution in [0.3, 0.4) is 0 Å². The predicted molar refractivity (Wildman–Crippen MR) is 76.3 cm³/mol. The maximum absolute atomic E-state index is 12.7. The summed E-state index contributed by atoms with van der Waals surface area (Å²) in [4.78, 5) is 20.4. The fourth-order valence-electron chi connectivity index (χ4n) is 2.59. The second-order valence-electron chi connectivity index (χ2n) is 5.57. The number of aromatic nitrogens is 1. The number of pyridine rings is 1. The quantitative estimate of drug-likeness (QED) is 0.770. The van der Waals surface area contributed by atoms with Gasteiger partial charge in [-0.05, 0) is 52.2 Å². The van der Waals surface area contributed by atoms with Gasteiger partial charge >= 0.3 is 0 Å². The molecule has 0 saturated carbocycles. The third-order valence-electron chi connectivity index (χ3n) is 3.96. The van der Waals surface area contributed by atoms with Crippen LogP contribution < -0.4 is 0 Å². The van der Waals surface area contributed by atoms with Crippen LogP contribution in [-0.2, 0) is 0 Å². The molecule has 0 amide bonds. The van der Waals surface area contributed by atoms with Gasteiger partial charge in [0.1, 0.15) is 11.5 Å². The molecule has 0 bridgehead atoms. The first-order valence-corrected chi connectivity index (χ1v) is 7.10. The lowest BCUT2D eigenvalue weighted by Gasteiger charge is -2.35. The molecule has 0 aliphatic carbocycles. The van der Waals surface area contributed by atoms with Crippen molar-refractivity contribution in [1.29, 1.82) is 0 Å². The van der Waals surface area contributed by atoms with Crippen LogP contribution in [0.5, 0.6) is 0 Å². The SMILES string of the molecule is CN(C)C1CCN(CCC(=O)c2ccc(F)cn2)CC1. The molecule has 0 aromatic carbocycles. The van der Waals surface area contributed by atoms with Crippen molar-refractivity contribution in [3.63, 3.8) is 0 Å². The Hall–Kier alpha value is -1.33. The van der Waals surface area contributed by atoms with E-state index in [0.29, 0.717) is 18.2 Å². The van der Waals surface area contributed by atoms with Crippen LogP contribution >= 0.6 is 0 Å². The third kappa shape index (κ3) is 4.08. The van der Waals surface area contributed by atoms with E-state index in [4.69, 9.17) is 0 Å². The van der Waals surface area contributed by atoms with Crippen LogP contribution in [0.2, 0.25) is 0 Å². The fourth-order valence-corrected chi connectivity index (χ4v) is 2.59. The van der Waals surface area contributed by atoms with Gasteiger partial charge in [-0.25, -0.2) is 4.39 Å². The molecule has 1 saturated heterocycles. The Morgan fingerprint density at radius 1 is 1.40 bits per heavy atom. The number of Topliss-reactive ketones (excluding diaryl/α,β-unsaturated/α-hetero) is 1. The largest absolute Gasteiger partial charge is 0.306 e. The molecule has 0 radical (unpaired) electrons. The standard InChI is InChI=1S/C15H22FN3O/c1-18(2)13-5-8-19(9-6-13)10-7-15(20)14-4-3-12(16)11-17-14/h3-4,11,13H,5-10H2,1-2H3. The third-order valence-corrected chi connectivity index (χ3v) is 3.96. The minimum Gasteiger partial charge on any atom is -0.306 e.